The van der Waals surface area contributed by atoms with Gasteiger partial charge in [-0.25, -0.2) is 4.98 Å². The van der Waals surface area contributed by atoms with E-state index < -0.39 is 0 Å². The Kier molecular flexibility index (Phi) is 5.77. The largest absolute Gasteiger partial charge is 0.338 e. The molecule has 2 aromatic rings. The van der Waals surface area contributed by atoms with Crippen molar-refractivity contribution in [2.75, 3.05) is 6.54 Å². The molecule has 1 fully saturated rings. The Morgan fingerprint density at radius 3 is 2.85 bits per heavy atom. The minimum absolute atomic E-state index is 0.00442. The molecule has 1 saturated heterocycles. The topological polar surface area (TPSA) is 55.2 Å². The highest BCUT2D eigenvalue weighted by molar-refractivity contribution is 6.30. The summed E-state index contributed by atoms with van der Waals surface area (Å²) in [5.41, 5.74) is 1.14. The van der Waals surface area contributed by atoms with Gasteiger partial charge in [-0.05, 0) is 44.7 Å². The van der Waals surface area contributed by atoms with Gasteiger partial charge in [-0.1, -0.05) is 30.7 Å². The van der Waals surface area contributed by atoms with Crippen molar-refractivity contribution in [3.8, 4) is 11.4 Å². The summed E-state index contributed by atoms with van der Waals surface area (Å²) in [6.45, 7) is 4.65. The molecule has 1 aromatic carbocycles. The van der Waals surface area contributed by atoms with Crippen LogP contribution in [0.3, 0.4) is 0 Å². The van der Waals surface area contributed by atoms with Gasteiger partial charge >= 0.3 is 0 Å². The molecule has 1 aromatic heterocycles. The molecule has 1 atom stereocenters. The second-order valence-electron chi connectivity index (χ2n) is 6.80. The summed E-state index contributed by atoms with van der Waals surface area (Å²) in [5.74, 6) is 0.462. The van der Waals surface area contributed by atoms with Crippen LogP contribution >= 0.6 is 11.6 Å². The molecule has 0 aliphatic carbocycles. The van der Waals surface area contributed by atoms with E-state index in [9.17, 15) is 9.59 Å². The van der Waals surface area contributed by atoms with E-state index in [0.29, 0.717) is 16.5 Å². The van der Waals surface area contributed by atoms with E-state index in [1.807, 2.05) is 17.0 Å². The van der Waals surface area contributed by atoms with Crippen molar-refractivity contribution in [1.82, 2.24) is 14.5 Å². The number of rotatable bonds is 4. The molecule has 138 valence electrons. The van der Waals surface area contributed by atoms with Crippen LogP contribution in [0.4, 0.5) is 0 Å². The Labute approximate surface area is 158 Å². The maximum absolute atomic E-state index is 12.9. The number of halogens is 1. The fourth-order valence-electron chi connectivity index (χ4n) is 3.60. The first kappa shape index (κ1) is 18.6. The van der Waals surface area contributed by atoms with Crippen LogP contribution in [0.15, 0.2) is 35.1 Å². The quantitative estimate of drug-likeness (QED) is 0.821. The highest BCUT2D eigenvalue weighted by atomic mass is 35.5. The van der Waals surface area contributed by atoms with E-state index in [1.54, 1.807) is 19.1 Å². The average molecular weight is 374 g/mol. The van der Waals surface area contributed by atoms with Gasteiger partial charge < -0.3 is 4.90 Å². The lowest BCUT2D eigenvalue weighted by atomic mass is 10.00. The van der Waals surface area contributed by atoms with Gasteiger partial charge in [-0.3, -0.25) is 14.2 Å². The molecule has 0 spiro atoms. The summed E-state index contributed by atoms with van der Waals surface area (Å²) in [4.78, 5) is 32.0. The fraction of sp³-hybridized carbons (Fsp3) is 0.450. The van der Waals surface area contributed by atoms with Crippen LogP contribution in [0.2, 0.25) is 5.02 Å². The zero-order valence-corrected chi connectivity index (χ0v) is 16.0. The minimum atomic E-state index is -0.217. The summed E-state index contributed by atoms with van der Waals surface area (Å²) in [5, 5.41) is 0.568. The van der Waals surface area contributed by atoms with E-state index >= 15 is 0 Å². The van der Waals surface area contributed by atoms with Crippen LogP contribution in [0.1, 0.15) is 38.3 Å². The van der Waals surface area contributed by atoms with Crippen molar-refractivity contribution in [2.45, 2.75) is 52.1 Å². The van der Waals surface area contributed by atoms with E-state index in [2.05, 4.69) is 11.9 Å². The molecule has 3 rings (SSSR count). The third-order valence-electron chi connectivity index (χ3n) is 4.93. The second-order valence-corrected chi connectivity index (χ2v) is 7.24. The molecule has 26 heavy (non-hydrogen) atoms. The lowest BCUT2D eigenvalue weighted by Gasteiger charge is -2.35. The average Bonchev–Trinajstić information content (AvgIpc) is 2.63. The number of benzene rings is 1. The lowest BCUT2D eigenvalue weighted by Crippen LogP contribution is -2.46. The number of carbonyl (C=O) groups is 1. The summed E-state index contributed by atoms with van der Waals surface area (Å²) in [6.07, 6.45) is 4.14. The van der Waals surface area contributed by atoms with Crippen LogP contribution in [0, 0.1) is 6.92 Å². The van der Waals surface area contributed by atoms with Gasteiger partial charge in [-0.2, -0.15) is 0 Å². The first-order valence-corrected chi connectivity index (χ1v) is 9.51. The molecule has 6 heteroatoms. The highest BCUT2D eigenvalue weighted by Crippen LogP contribution is 2.22. The normalized spacial score (nSPS) is 17.3. The van der Waals surface area contributed by atoms with Gasteiger partial charge in [0.25, 0.3) is 5.56 Å². The van der Waals surface area contributed by atoms with Gasteiger partial charge in [-0.15, -0.1) is 0 Å². The molecule has 1 aliphatic heterocycles. The van der Waals surface area contributed by atoms with E-state index in [4.69, 9.17) is 11.6 Å². The molecular weight excluding hydrogens is 350 g/mol. The Hall–Kier alpha value is -2.14. The molecule has 2 heterocycles. The molecule has 0 N–H and O–H groups in total. The zero-order valence-electron chi connectivity index (χ0n) is 15.2. The molecule has 0 saturated carbocycles. The number of aryl methyl sites for hydroxylation is 1. The monoisotopic (exact) mass is 373 g/mol. The standard InChI is InChI=1S/C20H24ClN3O2/c1-3-17-9-4-5-10-23(17)19(26)13-24-18(25)11-14(2)22-20(24)15-7-6-8-16(21)12-15/h6-8,11-12,17H,3-5,9-10,13H2,1-2H3. The van der Waals surface area contributed by atoms with Crippen LogP contribution in [0.5, 0.6) is 0 Å². The maximum atomic E-state index is 12.9. The fourth-order valence-corrected chi connectivity index (χ4v) is 3.79. The summed E-state index contributed by atoms with van der Waals surface area (Å²) >= 11 is 6.10. The number of hydrogen-bond donors (Lipinski definition) is 0. The number of likely N-dealkylation sites (tertiary alicyclic amines) is 1. The smallest absolute Gasteiger partial charge is 0.254 e. The molecule has 1 aliphatic rings. The van der Waals surface area contributed by atoms with E-state index in [-0.39, 0.29) is 24.1 Å². The number of aromatic nitrogens is 2. The third kappa shape index (κ3) is 3.98. The zero-order chi connectivity index (χ0) is 18.7. The van der Waals surface area contributed by atoms with Crippen molar-refractivity contribution < 1.29 is 4.79 Å². The summed E-state index contributed by atoms with van der Waals surface area (Å²) in [7, 11) is 0. The molecule has 0 radical (unpaired) electrons. The number of piperidine rings is 1. The first-order valence-electron chi connectivity index (χ1n) is 9.13. The summed E-state index contributed by atoms with van der Waals surface area (Å²) < 4.78 is 1.46. The lowest BCUT2D eigenvalue weighted by molar-refractivity contribution is -0.135. The van der Waals surface area contributed by atoms with Crippen LogP contribution in [0.25, 0.3) is 11.4 Å². The van der Waals surface area contributed by atoms with Gasteiger partial charge in [0, 0.05) is 34.9 Å². The maximum Gasteiger partial charge on any atom is 0.254 e. The predicted octanol–water partition coefficient (Wildman–Crippen LogP) is 3.66. The number of nitrogens with zero attached hydrogens (tertiary/aromatic N) is 3. The Morgan fingerprint density at radius 2 is 2.12 bits per heavy atom. The Balaban J connectivity index is 1.97. The molecule has 0 bridgehead atoms. The third-order valence-corrected chi connectivity index (χ3v) is 5.17. The second kappa shape index (κ2) is 8.04. The molecule has 1 amide bonds. The molecule has 1 unspecified atom stereocenters. The van der Waals surface area contributed by atoms with Gasteiger partial charge in [0.05, 0.1) is 0 Å². The van der Waals surface area contributed by atoms with Gasteiger partial charge in [0.2, 0.25) is 5.91 Å². The molecular formula is C20H24ClN3O2. The van der Waals surface area contributed by atoms with Crippen molar-refractivity contribution >= 4 is 17.5 Å². The highest BCUT2D eigenvalue weighted by Gasteiger charge is 2.26. The minimum Gasteiger partial charge on any atom is -0.338 e. The van der Waals surface area contributed by atoms with Gasteiger partial charge in [0.15, 0.2) is 0 Å². The van der Waals surface area contributed by atoms with Gasteiger partial charge in [0.1, 0.15) is 12.4 Å². The Bertz CT molecular complexity index is 862. The van der Waals surface area contributed by atoms with Crippen molar-refractivity contribution in [2.24, 2.45) is 0 Å². The number of carbonyl (C=O) groups excluding carboxylic acids is 1. The molecule has 5 nitrogen and oxygen atoms in total. The van der Waals surface area contributed by atoms with Crippen molar-refractivity contribution in [3.05, 3.63) is 51.4 Å². The number of hydrogen-bond acceptors (Lipinski definition) is 3. The SMILES string of the molecule is CCC1CCCCN1C(=O)Cn1c(-c2cccc(Cl)c2)nc(C)cc1=O. The Morgan fingerprint density at radius 1 is 1.31 bits per heavy atom. The number of amides is 1. The predicted molar refractivity (Wildman–Crippen MR) is 103 cm³/mol. The van der Waals surface area contributed by atoms with Crippen molar-refractivity contribution in [3.63, 3.8) is 0 Å². The first-order chi connectivity index (χ1) is 12.5. The van der Waals surface area contributed by atoms with Crippen LogP contribution in [-0.4, -0.2) is 32.9 Å². The van der Waals surface area contributed by atoms with Crippen LogP contribution < -0.4 is 5.56 Å². The van der Waals surface area contributed by atoms with E-state index in [0.717, 1.165) is 37.8 Å². The summed E-state index contributed by atoms with van der Waals surface area (Å²) in [6, 6.07) is 8.93. The van der Waals surface area contributed by atoms with Crippen LogP contribution in [-0.2, 0) is 11.3 Å². The van der Waals surface area contributed by atoms with E-state index in [1.165, 1.54) is 10.6 Å². The van der Waals surface area contributed by atoms with Crippen molar-refractivity contribution in [1.29, 1.82) is 0 Å².